The molecule has 0 fully saturated rings. The first-order valence-electron chi connectivity index (χ1n) is 12.1. The molecule has 0 saturated carbocycles. The van der Waals surface area contributed by atoms with E-state index in [0.717, 1.165) is 22.3 Å². The van der Waals surface area contributed by atoms with Crippen molar-refractivity contribution in [3.05, 3.63) is 88.5 Å². The fourth-order valence-electron chi connectivity index (χ4n) is 4.35. The van der Waals surface area contributed by atoms with E-state index in [1.165, 1.54) is 26.4 Å². The van der Waals surface area contributed by atoms with E-state index in [1.807, 2.05) is 19.1 Å². The Morgan fingerprint density at radius 3 is 2.45 bits per heavy atom. The Kier molecular flexibility index (Phi) is 9.01. The molecule has 0 aliphatic heterocycles. The molecule has 0 bridgehead atoms. The van der Waals surface area contributed by atoms with Crippen molar-refractivity contribution in [2.75, 3.05) is 21.0 Å². The van der Waals surface area contributed by atoms with Crippen molar-refractivity contribution in [2.24, 2.45) is 0 Å². The van der Waals surface area contributed by atoms with Crippen LogP contribution in [0.1, 0.15) is 35.6 Å². The Balaban J connectivity index is 1.65. The third kappa shape index (κ3) is 6.94. The number of ether oxygens (including phenoxy) is 3. The van der Waals surface area contributed by atoms with Crippen LogP contribution < -0.4 is 19.5 Å². The number of fused-ring (bicyclic) bond motifs is 1. The number of hydrogen-bond donors (Lipinski definition) is 3. The van der Waals surface area contributed by atoms with Gasteiger partial charge in [0.15, 0.2) is 11.5 Å². The van der Waals surface area contributed by atoms with Gasteiger partial charge in [0.05, 0.1) is 20.6 Å². The number of amides is 1. The fraction of sp³-hybridized carbons (Fsp3) is 0.214. The quantitative estimate of drug-likeness (QED) is 0.221. The van der Waals surface area contributed by atoms with Gasteiger partial charge in [0.2, 0.25) is 18.4 Å². The molecule has 0 radical (unpaired) electrons. The van der Waals surface area contributed by atoms with Crippen LogP contribution in [-0.4, -0.2) is 41.7 Å². The third-order valence-electron chi connectivity index (χ3n) is 6.22. The standard InChI is InChI=1S/C28H28FN2O8P/c1-17-22(9-19-10-25(36-2)28(26(11-19)37-3)38-16-39-40(33,34)35)21-7-6-20(29)12-24(21)23(17)13-27(32)31-15-18-5-4-8-30-14-18/h4-12,14H,13,15-16H2,1-3H3,(H,31,32)(H2,33,34,35)/b22-9-. The average molecular weight is 571 g/mol. The molecule has 1 amide bonds. The summed E-state index contributed by atoms with van der Waals surface area (Å²) < 4.78 is 45.9. The smallest absolute Gasteiger partial charge is 0.472 e. The van der Waals surface area contributed by atoms with Gasteiger partial charge in [-0.25, -0.2) is 13.5 Å². The molecule has 0 unspecified atom stereocenters. The van der Waals surface area contributed by atoms with Crippen molar-refractivity contribution < 1.29 is 42.3 Å². The first kappa shape index (κ1) is 29.0. The number of halogens is 1. The van der Waals surface area contributed by atoms with Crippen molar-refractivity contribution in [2.45, 2.75) is 19.9 Å². The Hall–Kier alpha value is -4.02. The van der Waals surface area contributed by atoms with Crippen LogP contribution in [0.2, 0.25) is 0 Å². The molecule has 10 nitrogen and oxygen atoms in total. The maximum atomic E-state index is 14.3. The van der Waals surface area contributed by atoms with E-state index in [9.17, 15) is 13.8 Å². The van der Waals surface area contributed by atoms with Gasteiger partial charge in [-0.3, -0.25) is 9.78 Å². The highest BCUT2D eigenvalue weighted by Crippen LogP contribution is 2.46. The van der Waals surface area contributed by atoms with Gasteiger partial charge < -0.3 is 29.3 Å². The van der Waals surface area contributed by atoms with Gasteiger partial charge in [-0.15, -0.1) is 0 Å². The Morgan fingerprint density at radius 1 is 1.10 bits per heavy atom. The van der Waals surface area contributed by atoms with Crippen LogP contribution in [-0.2, 0) is 20.4 Å². The molecule has 3 N–H and O–H groups in total. The van der Waals surface area contributed by atoms with Gasteiger partial charge in [-0.2, -0.15) is 0 Å². The van der Waals surface area contributed by atoms with Crippen molar-refractivity contribution in [3.8, 4) is 17.2 Å². The molecule has 4 rings (SSSR count). The predicted octanol–water partition coefficient (Wildman–Crippen LogP) is 4.72. The highest BCUT2D eigenvalue weighted by atomic mass is 31.2. The summed E-state index contributed by atoms with van der Waals surface area (Å²) in [7, 11) is -1.92. The molecule has 1 heterocycles. The van der Waals surface area contributed by atoms with E-state index in [0.29, 0.717) is 23.2 Å². The summed E-state index contributed by atoms with van der Waals surface area (Å²) in [4.78, 5) is 34.7. The number of carbonyl (C=O) groups is 1. The van der Waals surface area contributed by atoms with Gasteiger partial charge in [0.25, 0.3) is 0 Å². The second-order valence-corrected chi connectivity index (χ2v) is 10.0. The van der Waals surface area contributed by atoms with E-state index >= 15 is 0 Å². The van der Waals surface area contributed by atoms with Crippen LogP contribution in [0.15, 0.2) is 60.4 Å². The van der Waals surface area contributed by atoms with Gasteiger partial charge in [-0.1, -0.05) is 12.1 Å². The molecule has 0 atom stereocenters. The van der Waals surface area contributed by atoms with Crippen molar-refractivity contribution in [1.29, 1.82) is 0 Å². The van der Waals surface area contributed by atoms with E-state index in [-0.39, 0.29) is 29.6 Å². The molecule has 1 aliphatic rings. The van der Waals surface area contributed by atoms with Gasteiger partial charge in [0, 0.05) is 18.9 Å². The molecule has 210 valence electrons. The second kappa shape index (κ2) is 12.4. The number of rotatable bonds is 11. The number of phosphoric acid groups is 1. The summed E-state index contributed by atoms with van der Waals surface area (Å²) in [5.74, 6) is -0.0721. The van der Waals surface area contributed by atoms with Crippen LogP contribution >= 0.6 is 7.82 Å². The van der Waals surface area contributed by atoms with Crippen molar-refractivity contribution in [3.63, 3.8) is 0 Å². The highest BCUT2D eigenvalue weighted by molar-refractivity contribution is 7.46. The largest absolute Gasteiger partial charge is 0.493 e. The monoisotopic (exact) mass is 570 g/mol. The summed E-state index contributed by atoms with van der Waals surface area (Å²) in [6, 6.07) is 11.4. The molecule has 2 aromatic carbocycles. The molecule has 0 spiro atoms. The van der Waals surface area contributed by atoms with E-state index in [4.69, 9.17) is 24.0 Å². The molecule has 0 saturated heterocycles. The zero-order chi connectivity index (χ0) is 28.9. The van der Waals surface area contributed by atoms with Crippen LogP contribution in [0.5, 0.6) is 17.2 Å². The number of allylic oxidation sites excluding steroid dienone is 2. The number of methoxy groups -OCH3 is 2. The maximum Gasteiger partial charge on any atom is 0.472 e. The fourth-order valence-corrected chi connectivity index (χ4v) is 4.54. The normalized spacial score (nSPS) is 13.8. The van der Waals surface area contributed by atoms with Crippen molar-refractivity contribution >= 4 is 31.0 Å². The SMILES string of the molecule is COc1cc(/C=C2/C(C)=C(CC(=O)NCc3cccnc3)c3cc(F)ccc32)cc(OC)c1OCOP(=O)(O)O. The molecule has 3 aromatic rings. The summed E-state index contributed by atoms with van der Waals surface area (Å²) in [5.41, 5.74) is 5.21. The zero-order valence-corrected chi connectivity index (χ0v) is 22.9. The van der Waals surface area contributed by atoms with E-state index < -0.39 is 20.4 Å². The summed E-state index contributed by atoms with van der Waals surface area (Å²) >= 11 is 0. The predicted molar refractivity (Wildman–Crippen MR) is 146 cm³/mol. The molecule has 1 aliphatic carbocycles. The Labute approximate surface area is 230 Å². The summed E-state index contributed by atoms with van der Waals surface area (Å²) in [6.07, 6.45) is 5.24. The highest BCUT2D eigenvalue weighted by Gasteiger charge is 2.26. The van der Waals surface area contributed by atoms with Crippen molar-refractivity contribution in [1.82, 2.24) is 10.3 Å². The van der Waals surface area contributed by atoms with Gasteiger partial charge in [-0.05, 0) is 82.3 Å². The lowest BCUT2D eigenvalue weighted by molar-refractivity contribution is -0.120. The molecule has 1 aromatic heterocycles. The number of pyridine rings is 1. The topological polar surface area (TPSA) is 136 Å². The minimum absolute atomic E-state index is 0.0544. The van der Waals surface area contributed by atoms with Crippen LogP contribution in [0.25, 0.3) is 17.2 Å². The maximum absolute atomic E-state index is 14.3. The number of carbonyl (C=O) groups excluding carboxylic acids is 1. The molecular formula is C28H28FN2O8P. The Bertz CT molecular complexity index is 1490. The number of nitrogens with one attached hydrogen (secondary N) is 1. The van der Waals surface area contributed by atoms with Crippen LogP contribution in [0.4, 0.5) is 4.39 Å². The first-order valence-corrected chi connectivity index (χ1v) is 13.6. The minimum Gasteiger partial charge on any atom is -0.493 e. The molecule has 12 heteroatoms. The summed E-state index contributed by atoms with van der Waals surface area (Å²) in [6.45, 7) is 1.47. The van der Waals surface area contributed by atoms with Gasteiger partial charge >= 0.3 is 7.82 Å². The number of aromatic nitrogens is 1. The van der Waals surface area contributed by atoms with Crippen LogP contribution in [0.3, 0.4) is 0 Å². The second-order valence-electron chi connectivity index (χ2n) is 8.80. The third-order valence-corrected chi connectivity index (χ3v) is 6.66. The summed E-state index contributed by atoms with van der Waals surface area (Å²) in [5, 5.41) is 2.89. The van der Waals surface area contributed by atoms with Gasteiger partial charge in [0.1, 0.15) is 5.82 Å². The Morgan fingerprint density at radius 2 is 1.82 bits per heavy atom. The zero-order valence-electron chi connectivity index (χ0n) is 22.0. The lowest BCUT2D eigenvalue weighted by Crippen LogP contribution is -2.22. The average Bonchev–Trinajstić information content (AvgIpc) is 3.17. The number of benzene rings is 2. The van der Waals surface area contributed by atoms with E-state index in [2.05, 4.69) is 14.8 Å². The minimum atomic E-state index is -4.74. The number of phosphoric ester groups is 1. The lowest BCUT2D eigenvalue weighted by Gasteiger charge is -2.16. The lowest BCUT2D eigenvalue weighted by atomic mass is 10.00. The molecular weight excluding hydrogens is 542 g/mol. The van der Waals surface area contributed by atoms with Crippen LogP contribution in [0, 0.1) is 5.82 Å². The molecule has 40 heavy (non-hydrogen) atoms. The number of hydrogen-bond acceptors (Lipinski definition) is 7. The first-order chi connectivity index (χ1) is 19.1. The number of nitrogens with zero attached hydrogens (tertiary/aromatic N) is 1. The van der Waals surface area contributed by atoms with E-state index in [1.54, 1.807) is 36.7 Å².